The highest BCUT2D eigenvalue weighted by Crippen LogP contribution is 2.31. The van der Waals surface area contributed by atoms with E-state index in [2.05, 4.69) is 20.2 Å². The van der Waals surface area contributed by atoms with Crippen LogP contribution in [0.1, 0.15) is 12.8 Å². The van der Waals surface area contributed by atoms with E-state index in [0.717, 1.165) is 16.6 Å². The van der Waals surface area contributed by atoms with E-state index in [1.165, 1.54) is 0 Å². The third-order valence-electron chi connectivity index (χ3n) is 3.41. The van der Waals surface area contributed by atoms with Crippen LogP contribution in [0, 0.1) is 0 Å². The van der Waals surface area contributed by atoms with Crippen molar-refractivity contribution in [1.29, 1.82) is 0 Å². The maximum absolute atomic E-state index is 10.8. The number of carboxylic acids is 1. The predicted octanol–water partition coefficient (Wildman–Crippen LogP) is 3.01. The Labute approximate surface area is 136 Å². The fourth-order valence-electron chi connectivity index (χ4n) is 2.41. The van der Waals surface area contributed by atoms with E-state index in [4.69, 9.17) is 16.7 Å². The zero-order valence-corrected chi connectivity index (χ0v) is 12.9. The molecule has 0 saturated heterocycles. The van der Waals surface area contributed by atoms with E-state index in [9.17, 15) is 4.79 Å². The number of aromatic amines is 1. The molecule has 3 rings (SSSR count). The minimum Gasteiger partial charge on any atom is -0.481 e. The molecule has 118 valence electrons. The summed E-state index contributed by atoms with van der Waals surface area (Å²) < 4.78 is 0. The lowest BCUT2D eigenvalue weighted by atomic mass is 10.2. The van der Waals surface area contributed by atoms with Crippen LogP contribution in [-0.2, 0) is 4.79 Å². The van der Waals surface area contributed by atoms with Crippen molar-refractivity contribution in [3.63, 3.8) is 0 Å². The first-order valence-corrected chi connectivity index (χ1v) is 7.43. The maximum atomic E-state index is 10.8. The van der Waals surface area contributed by atoms with Crippen LogP contribution in [0.3, 0.4) is 0 Å². The molecular weight excluding hydrogens is 318 g/mol. The van der Waals surface area contributed by atoms with E-state index in [0.29, 0.717) is 18.8 Å². The van der Waals surface area contributed by atoms with Crippen molar-refractivity contribution >= 4 is 40.0 Å². The molecule has 0 unspecified atom stereocenters. The number of carbonyl (C=O) groups is 1. The number of nitrogens with zero attached hydrogens (tertiary/aromatic N) is 4. The number of fused-ring (bicyclic) bond motifs is 1. The van der Waals surface area contributed by atoms with E-state index >= 15 is 0 Å². The molecule has 0 aliphatic heterocycles. The van der Waals surface area contributed by atoms with Gasteiger partial charge in [0.15, 0.2) is 0 Å². The maximum Gasteiger partial charge on any atom is 0.303 e. The van der Waals surface area contributed by atoms with Gasteiger partial charge in [-0.3, -0.25) is 9.89 Å². The normalized spacial score (nSPS) is 10.8. The van der Waals surface area contributed by atoms with Gasteiger partial charge in [-0.15, -0.1) is 0 Å². The number of halogens is 1. The first kappa shape index (κ1) is 15.2. The standard InChI is InChI=1S/C15H14ClN5O2/c16-15-17-7-6-13(19-15)21(8-2-5-14(22)23)12-4-1-3-11-10(12)9-18-20-11/h1,3-4,6-7,9H,2,5,8H2,(H,18,20)(H,22,23). The second kappa shape index (κ2) is 6.62. The summed E-state index contributed by atoms with van der Waals surface area (Å²) in [4.78, 5) is 20.9. The summed E-state index contributed by atoms with van der Waals surface area (Å²) in [5, 5.41) is 16.9. The fourth-order valence-corrected chi connectivity index (χ4v) is 2.55. The number of hydrogen-bond acceptors (Lipinski definition) is 5. The molecule has 2 N–H and O–H groups in total. The summed E-state index contributed by atoms with van der Waals surface area (Å²) >= 11 is 5.90. The Kier molecular flexibility index (Phi) is 4.38. The molecule has 1 aromatic carbocycles. The zero-order chi connectivity index (χ0) is 16.2. The second-order valence-corrected chi connectivity index (χ2v) is 5.28. The van der Waals surface area contributed by atoms with Gasteiger partial charge in [0.1, 0.15) is 5.82 Å². The van der Waals surface area contributed by atoms with E-state index < -0.39 is 5.97 Å². The van der Waals surface area contributed by atoms with Crippen LogP contribution in [0.15, 0.2) is 36.7 Å². The van der Waals surface area contributed by atoms with Crippen molar-refractivity contribution in [2.45, 2.75) is 12.8 Å². The van der Waals surface area contributed by atoms with Gasteiger partial charge in [0.2, 0.25) is 5.28 Å². The summed E-state index contributed by atoms with van der Waals surface area (Å²) in [5.74, 6) is -0.212. The number of carboxylic acid groups (broad SMARTS) is 1. The van der Waals surface area contributed by atoms with Crippen LogP contribution in [0.2, 0.25) is 5.28 Å². The van der Waals surface area contributed by atoms with Crippen LogP contribution in [-0.4, -0.2) is 37.8 Å². The monoisotopic (exact) mass is 331 g/mol. The SMILES string of the molecule is O=C(O)CCCN(c1ccnc(Cl)n1)c1cccc2[nH]ncc12. The highest BCUT2D eigenvalue weighted by atomic mass is 35.5. The molecule has 0 fully saturated rings. The van der Waals surface area contributed by atoms with Crippen LogP contribution >= 0.6 is 11.6 Å². The smallest absolute Gasteiger partial charge is 0.303 e. The Morgan fingerprint density at radius 2 is 2.22 bits per heavy atom. The lowest BCUT2D eigenvalue weighted by molar-refractivity contribution is -0.137. The van der Waals surface area contributed by atoms with Gasteiger partial charge in [-0.1, -0.05) is 6.07 Å². The number of benzene rings is 1. The minimum absolute atomic E-state index is 0.0800. The molecule has 0 atom stereocenters. The summed E-state index contributed by atoms with van der Waals surface area (Å²) in [6, 6.07) is 7.51. The molecule has 0 saturated carbocycles. The number of aromatic nitrogens is 4. The van der Waals surface area contributed by atoms with Gasteiger partial charge in [-0.2, -0.15) is 5.10 Å². The molecule has 7 nitrogen and oxygen atoms in total. The number of anilines is 2. The first-order chi connectivity index (χ1) is 11.1. The molecule has 0 bridgehead atoms. The molecule has 0 spiro atoms. The lowest BCUT2D eigenvalue weighted by Crippen LogP contribution is -2.20. The number of rotatable bonds is 6. The van der Waals surface area contributed by atoms with Crippen molar-refractivity contribution < 1.29 is 9.90 Å². The Hall–Kier alpha value is -2.67. The summed E-state index contributed by atoms with van der Waals surface area (Å²) in [6.45, 7) is 0.490. The highest BCUT2D eigenvalue weighted by molar-refractivity contribution is 6.28. The summed E-state index contributed by atoms with van der Waals surface area (Å²) in [7, 11) is 0. The predicted molar refractivity (Wildman–Crippen MR) is 87.0 cm³/mol. The quantitative estimate of drug-likeness (QED) is 0.674. The first-order valence-electron chi connectivity index (χ1n) is 7.05. The van der Waals surface area contributed by atoms with Crippen molar-refractivity contribution in [1.82, 2.24) is 20.2 Å². The number of aliphatic carboxylic acids is 1. The van der Waals surface area contributed by atoms with Gasteiger partial charge >= 0.3 is 5.97 Å². The molecular formula is C15H14ClN5O2. The summed E-state index contributed by atoms with van der Waals surface area (Å²) in [6.07, 6.45) is 3.86. The van der Waals surface area contributed by atoms with Crippen LogP contribution in [0.4, 0.5) is 11.5 Å². The van der Waals surface area contributed by atoms with Gasteiger partial charge in [-0.05, 0) is 36.2 Å². The molecule has 8 heteroatoms. The van der Waals surface area contributed by atoms with Gasteiger partial charge < -0.3 is 10.0 Å². The lowest BCUT2D eigenvalue weighted by Gasteiger charge is -2.24. The zero-order valence-electron chi connectivity index (χ0n) is 12.1. The van der Waals surface area contributed by atoms with Crippen molar-refractivity contribution in [3.8, 4) is 0 Å². The van der Waals surface area contributed by atoms with Gasteiger partial charge in [0, 0.05) is 24.5 Å². The molecule has 23 heavy (non-hydrogen) atoms. The second-order valence-electron chi connectivity index (χ2n) is 4.94. The van der Waals surface area contributed by atoms with E-state index in [-0.39, 0.29) is 11.7 Å². The Bertz CT molecular complexity index is 835. The number of H-pyrrole nitrogens is 1. The average Bonchev–Trinajstić information content (AvgIpc) is 3.00. The van der Waals surface area contributed by atoms with Crippen LogP contribution in [0.5, 0.6) is 0 Å². The Morgan fingerprint density at radius 1 is 1.35 bits per heavy atom. The van der Waals surface area contributed by atoms with Crippen molar-refractivity contribution in [3.05, 3.63) is 41.9 Å². The van der Waals surface area contributed by atoms with Gasteiger partial charge in [0.05, 0.1) is 17.4 Å². The van der Waals surface area contributed by atoms with E-state index in [1.807, 2.05) is 23.1 Å². The Balaban J connectivity index is 2.00. The molecule has 0 amide bonds. The van der Waals surface area contributed by atoms with Gasteiger partial charge in [0.25, 0.3) is 0 Å². The summed E-state index contributed by atoms with van der Waals surface area (Å²) in [5.41, 5.74) is 1.78. The number of nitrogens with one attached hydrogen (secondary N) is 1. The third-order valence-corrected chi connectivity index (χ3v) is 3.60. The third kappa shape index (κ3) is 3.40. The number of hydrogen-bond donors (Lipinski definition) is 2. The molecule has 3 aromatic rings. The largest absolute Gasteiger partial charge is 0.481 e. The van der Waals surface area contributed by atoms with Crippen molar-refractivity contribution in [2.24, 2.45) is 0 Å². The van der Waals surface area contributed by atoms with E-state index in [1.54, 1.807) is 18.5 Å². The molecule has 0 aliphatic carbocycles. The average molecular weight is 332 g/mol. The highest BCUT2D eigenvalue weighted by Gasteiger charge is 2.15. The topological polar surface area (TPSA) is 95.0 Å². The van der Waals surface area contributed by atoms with Gasteiger partial charge in [-0.25, -0.2) is 9.97 Å². The van der Waals surface area contributed by atoms with Crippen molar-refractivity contribution in [2.75, 3.05) is 11.4 Å². The molecule has 2 heterocycles. The fraction of sp³-hybridized carbons (Fsp3) is 0.200. The Morgan fingerprint density at radius 3 is 3.00 bits per heavy atom. The minimum atomic E-state index is -0.827. The molecule has 0 radical (unpaired) electrons. The molecule has 2 aromatic heterocycles. The molecule has 0 aliphatic rings. The van der Waals surface area contributed by atoms with Crippen LogP contribution in [0.25, 0.3) is 10.9 Å². The van der Waals surface area contributed by atoms with Crippen LogP contribution < -0.4 is 4.90 Å².